The standard InChI is InChI=1S/C17H19N3O2/c1-20(12-14-8-4-2-5-9-14)13-16(21)19-17(22)18-15-10-6-3-7-11-15/h2-11H,12-13H2,1H3,(H2,18,19,21,22). The molecule has 0 saturated carbocycles. The molecule has 5 heteroatoms. The van der Waals surface area contributed by atoms with Crippen LogP contribution in [0.2, 0.25) is 0 Å². The predicted octanol–water partition coefficient (Wildman–Crippen LogP) is 2.47. The van der Waals surface area contributed by atoms with Gasteiger partial charge in [0.1, 0.15) is 0 Å². The number of hydrogen-bond donors (Lipinski definition) is 2. The first-order chi connectivity index (χ1) is 10.6. The number of urea groups is 1. The van der Waals surface area contributed by atoms with Gasteiger partial charge in [-0.25, -0.2) is 4.79 Å². The highest BCUT2D eigenvalue weighted by molar-refractivity contribution is 6.01. The van der Waals surface area contributed by atoms with Crippen LogP contribution in [0, 0.1) is 0 Å². The van der Waals surface area contributed by atoms with E-state index in [2.05, 4.69) is 10.6 Å². The van der Waals surface area contributed by atoms with Crippen molar-refractivity contribution in [2.45, 2.75) is 6.54 Å². The lowest BCUT2D eigenvalue weighted by Gasteiger charge is -2.16. The molecule has 2 rings (SSSR count). The van der Waals surface area contributed by atoms with Crippen LogP contribution in [0.1, 0.15) is 5.56 Å². The summed E-state index contributed by atoms with van der Waals surface area (Å²) in [5.41, 5.74) is 1.76. The second kappa shape index (κ2) is 7.95. The molecule has 0 unspecified atom stereocenters. The minimum absolute atomic E-state index is 0.150. The third kappa shape index (κ3) is 5.38. The van der Waals surface area contributed by atoms with Gasteiger partial charge in [-0.1, -0.05) is 48.5 Å². The Morgan fingerprint density at radius 3 is 2.18 bits per heavy atom. The van der Waals surface area contributed by atoms with Crippen LogP contribution < -0.4 is 10.6 Å². The van der Waals surface area contributed by atoms with E-state index in [0.29, 0.717) is 12.2 Å². The zero-order valence-electron chi connectivity index (χ0n) is 12.5. The maximum absolute atomic E-state index is 11.8. The third-order valence-electron chi connectivity index (χ3n) is 2.99. The first-order valence-corrected chi connectivity index (χ1v) is 7.02. The van der Waals surface area contributed by atoms with Crippen LogP contribution in [0.15, 0.2) is 60.7 Å². The van der Waals surface area contributed by atoms with E-state index < -0.39 is 6.03 Å². The Kier molecular flexibility index (Phi) is 5.68. The molecule has 0 heterocycles. The number of carbonyl (C=O) groups excluding carboxylic acids is 2. The number of imide groups is 1. The van der Waals surface area contributed by atoms with Crippen molar-refractivity contribution in [1.82, 2.24) is 10.2 Å². The maximum Gasteiger partial charge on any atom is 0.325 e. The Hall–Kier alpha value is -2.66. The van der Waals surface area contributed by atoms with Crippen LogP contribution in [0.25, 0.3) is 0 Å². The van der Waals surface area contributed by atoms with Crippen LogP contribution in [-0.4, -0.2) is 30.4 Å². The molecule has 0 radical (unpaired) electrons. The van der Waals surface area contributed by atoms with E-state index in [9.17, 15) is 9.59 Å². The van der Waals surface area contributed by atoms with Gasteiger partial charge in [-0.05, 0) is 24.7 Å². The SMILES string of the molecule is CN(CC(=O)NC(=O)Nc1ccccc1)Cc1ccccc1. The zero-order valence-corrected chi connectivity index (χ0v) is 12.5. The van der Waals surface area contributed by atoms with Crippen molar-refractivity contribution < 1.29 is 9.59 Å². The van der Waals surface area contributed by atoms with Gasteiger partial charge >= 0.3 is 6.03 Å². The molecule has 0 atom stereocenters. The normalized spacial score (nSPS) is 10.3. The van der Waals surface area contributed by atoms with Crippen molar-refractivity contribution in [3.05, 3.63) is 66.2 Å². The molecule has 0 bridgehead atoms. The second-order valence-electron chi connectivity index (χ2n) is 5.03. The molecule has 0 aliphatic carbocycles. The molecular weight excluding hydrogens is 278 g/mol. The van der Waals surface area contributed by atoms with Crippen LogP contribution in [-0.2, 0) is 11.3 Å². The molecule has 2 aromatic rings. The Labute approximate surface area is 129 Å². The highest BCUT2D eigenvalue weighted by Gasteiger charge is 2.10. The Morgan fingerprint density at radius 2 is 1.55 bits per heavy atom. The largest absolute Gasteiger partial charge is 0.325 e. The van der Waals surface area contributed by atoms with Gasteiger partial charge in [-0.3, -0.25) is 15.0 Å². The van der Waals surface area contributed by atoms with Crippen molar-refractivity contribution >= 4 is 17.6 Å². The number of hydrogen-bond acceptors (Lipinski definition) is 3. The van der Waals surface area contributed by atoms with E-state index in [-0.39, 0.29) is 12.5 Å². The molecule has 0 aliphatic rings. The number of likely N-dealkylation sites (N-methyl/N-ethyl adjacent to an activating group) is 1. The quantitative estimate of drug-likeness (QED) is 0.891. The second-order valence-corrected chi connectivity index (χ2v) is 5.03. The topological polar surface area (TPSA) is 61.4 Å². The summed E-state index contributed by atoms with van der Waals surface area (Å²) in [7, 11) is 1.84. The van der Waals surface area contributed by atoms with E-state index in [0.717, 1.165) is 5.56 Å². The fraction of sp³-hybridized carbons (Fsp3) is 0.176. The number of anilines is 1. The summed E-state index contributed by atoms with van der Waals surface area (Å²) in [6, 6.07) is 18.3. The minimum atomic E-state index is -0.524. The van der Waals surface area contributed by atoms with E-state index in [1.165, 1.54) is 0 Å². The van der Waals surface area contributed by atoms with Gasteiger partial charge in [0.25, 0.3) is 0 Å². The van der Waals surface area contributed by atoms with Gasteiger partial charge in [0.05, 0.1) is 6.54 Å². The predicted molar refractivity (Wildman–Crippen MR) is 86.4 cm³/mol. The van der Waals surface area contributed by atoms with E-state index >= 15 is 0 Å². The lowest BCUT2D eigenvalue weighted by Crippen LogP contribution is -2.40. The highest BCUT2D eigenvalue weighted by Crippen LogP contribution is 2.04. The number of carbonyl (C=O) groups is 2. The lowest BCUT2D eigenvalue weighted by atomic mass is 10.2. The Bertz CT molecular complexity index is 614. The van der Waals surface area contributed by atoms with Crippen LogP contribution in [0.4, 0.5) is 10.5 Å². The number of nitrogens with zero attached hydrogens (tertiary/aromatic N) is 1. The smallest absolute Gasteiger partial charge is 0.308 e. The van der Waals surface area contributed by atoms with Crippen molar-refractivity contribution in [3.8, 4) is 0 Å². The number of para-hydroxylation sites is 1. The van der Waals surface area contributed by atoms with Crippen LogP contribution in [0.3, 0.4) is 0 Å². The van der Waals surface area contributed by atoms with Gasteiger partial charge in [-0.2, -0.15) is 0 Å². The number of rotatable bonds is 5. The molecule has 2 aromatic carbocycles. The number of benzene rings is 2. The zero-order chi connectivity index (χ0) is 15.8. The van der Waals surface area contributed by atoms with Crippen molar-refractivity contribution in [3.63, 3.8) is 0 Å². The fourth-order valence-electron chi connectivity index (χ4n) is 2.05. The Morgan fingerprint density at radius 1 is 0.955 bits per heavy atom. The summed E-state index contributed by atoms with van der Waals surface area (Å²) < 4.78 is 0. The molecule has 2 N–H and O–H groups in total. The summed E-state index contributed by atoms with van der Waals surface area (Å²) >= 11 is 0. The number of nitrogens with one attached hydrogen (secondary N) is 2. The molecule has 0 saturated heterocycles. The summed E-state index contributed by atoms with van der Waals surface area (Å²) in [5.74, 6) is -0.341. The van der Waals surface area contributed by atoms with Crippen molar-refractivity contribution in [2.75, 3.05) is 18.9 Å². The van der Waals surface area contributed by atoms with Crippen LogP contribution >= 0.6 is 0 Å². The van der Waals surface area contributed by atoms with Crippen LogP contribution in [0.5, 0.6) is 0 Å². The molecule has 114 valence electrons. The first kappa shape index (κ1) is 15.7. The van der Waals surface area contributed by atoms with Gasteiger partial charge in [0.2, 0.25) is 5.91 Å². The molecule has 22 heavy (non-hydrogen) atoms. The number of amides is 3. The van der Waals surface area contributed by atoms with E-state index in [4.69, 9.17) is 0 Å². The highest BCUT2D eigenvalue weighted by atomic mass is 16.2. The maximum atomic E-state index is 11.8. The summed E-state index contributed by atoms with van der Waals surface area (Å²) in [4.78, 5) is 25.4. The molecule has 0 spiro atoms. The molecule has 5 nitrogen and oxygen atoms in total. The summed E-state index contributed by atoms with van der Waals surface area (Å²) in [6.45, 7) is 0.797. The lowest BCUT2D eigenvalue weighted by molar-refractivity contribution is -0.120. The monoisotopic (exact) mass is 297 g/mol. The van der Waals surface area contributed by atoms with Crippen molar-refractivity contribution in [1.29, 1.82) is 0 Å². The third-order valence-corrected chi connectivity index (χ3v) is 2.99. The van der Waals surface area contributed by atoms with Crippen molar-refractivity contribution in [2.24, 2.45) is 0 Å². The summed E-state index contributed by atoms with van der Waals surface area (Å²) in [6.07, 6.45) is 0. The Balaban J connectivity index is 1.76. The van der Waals surface area contributed by atoms with Gasteiger partial charge in [0, 0.05) is 12.2 Å². The molecular formula is C17H19N3O2. The van der Waals surface area contributed by atoms with Gasteiger partial charge < -0.3 is 5.32 Å². The summed E-state index contributed by atoms with van der Waals surface area (Å²) in [5, 5.41) is 4.92. The average molecular weight is 297 g/mol. The van der Waals surface area contributed by atoms with E-state index in [1.54, 1.807) is 12.1 Å². The molecule has 0 fully saturated rings. The first-order valence-electron chi connectivity index (χ1n) is 7.02. The van der Waals surface area contributed by atoms with Gasteiger partial charge in [0.15, 0.2) is 0 Å². The molecule has 3 amide bonds. The molecule has 0 aromatic heterocycles. The molecule has 0 aliphatic heterocycles. The minimum Gasteiger partial charge on any atom is -0.308 e. The average Bonchev–Trinajstić information content (AvgIpc) is 2.48. The van der Waals surface area contributed by atoms with E-state index in [1.807, 2.05) is 60.5 Å². The van der Waals surface area contributed by atoms with Gasteiger partial charge in [-0.15, -0.1) is 0 Å². The fourth-order valence-corrected chi connectivity index (χ4v) is 2.05.